The minimum absolute atomic E-state index is 0.734. The summed E-state index contributed by atoms with van der Waals surface area (Å²) in [5, 5.41) is 11.6. The molecule has 5 aromatic rings. The topological polar surface area (TPSA) is 92.3 Å². The van der Waals surface area contributed by atoms with Gasteiger partial charge in [-0.3, -0.25) is 15.1 Å². The summed E-state index contributed by atoms with van der Waals surface area (Å²) in [5.41, 5.74) is 7.08. The summed E-state index contributed by atoms with van der Waals surface area (Å²) >= 11 is 0. The molecule has 7 nitrogen and oxygen atoms in total. The van der Waals surface area contributed by atoms with Crippen molar-refractivity contribution >= 4 is 16.7 Å². The average Bonchev–Trinajstić information content (AvgIpc) is 3.34. The number of aromatic nitrogens is 6. The highest BCUT2D eigenvalue weighted by Crippen LogP contribution is 2.27. The summed E-state index contributed by atoms with van der Waals surface area (Å²) in [7, 11) is 0. The maximum Gasteiger partial charge on any atom is 0.129 e. The molecule has 7 heteroatoms. The lowest BCUT2D eigenvalue weighted by atomic mass is 10.0. The van der Waals surface area contributed by atoms with Gasteiger partial charge in [0.05, 0.1) is 16.9 Å². The number of fused-ring (bicyclic) bond motifs is 1. The molecule has 1 aromatic carbocycles. The van der Waals surface area contributed by atoms with Gasteiger partial charge in [-0.05, 0) is 43.2 Å². The van der Waals surface area contributed by atoms with Gasteiger partial charge in [0.25, 0.3) is 0 Å². The Labute approximate surface area is 179 Å². The van der Waals surface area contributed by atoms with Crippen LogP contribution in [-0.2, 0) is 6.42 Å². The van der Waals surface area contributed by atoms with Crippen LogP contribution in [0, 0.1) is 6.92 Å². The molecule has 2 N–H and O–H groups in total. The molecule has 0 aliphatic rings. The van der Waals surface area contributed by atoms with E-state index in [0.717, 1.165) is 57.9 Å². The summed E-state index contributed by atoms with van der Waals surface area (Å²) in [6.07, 6.45) is 7.84. The summed E-state index contributed by atoms with van der Waals surface area (Å²) in [6.45, 7) is 2.70. The van der Waals surface area contributed by atoms with E-state index in [1.165, 1.54) is 5.56 Å². The highest BCUT2D eigenvalue weighted by molar-refractivity contribution is 5.94. The van der Waals surface area contributed by atoms with Crippen LogP contribution in [-0.4, -0.2) is 36.7 Å². The van der Waals surface area contributed by atoms with Crippen LogP contribution >= 0.6 is 0 Å². The summed E-state index contributed by atoms with van der Waals surface area (Å²) < 4.78 is 0. The number of para-hydroxylation sites is 1. The Hall–Kier alpha value is -4.13. The number of nitrogens with one attached hydrogen (secondary N) is 2. The van der Waals surface area contributed by atoms with Gasteiger partial charge in [-0.15, -0.1) is 0 Å². The SMILES string of the molecule is Cc1ccc(-c2cc(NCCc3cccc4c(-c5ccn[nH]5)ccnc34)ncn2)cn1. The van der Waals surface area contributed by atoms with Gasteiger partial charge in [0, 0.05) is 53.4 Å². The molecule has 0 bridgehead atoms. The zero-order chi connectivity index (χ0) is 21.0. The number of aryl methyl sites for hydroxylation is 1. The van der Waals surface area contributed by atoms with E-state index < -0.39 is 0 Å². The lowest BCUT2D eigenvalue weighted by molar-refractivity contribution is 1.00. The van der Waals surface area contributed by atoms with Crippen LogP contribution in [0.15, 0.2) is 73.4 Å². The molecule has 0 aliphatic heterocycles. The first-order valence-electron chi connectivity index (χ1n) is 10.1. The summed E-state index contributed by atoms with van der Waals surface area (Å²) in [4.78, 5) is 17.7. The van der Waals surface area contributed by atoms with Crippen LogP contribution in [0.1, 0.15) is 11.3 Å². The third-order valence-electron chi connectivity index (χ3n) is 5.22. The summed E-state index contributed by atoms with van der Waals surface area (Å²) in [6, 6.07) is 16.2. The number of hydrogen-bond donors (Lipinski definition) is 2. The maximum atomic E-state index is 4.64. The smallest absolute Gasteiger partial charge is 0.129 e. The standard InChI is InChI=1S/C24H21N7/c1-16-5-6-18(14-27-16)22-13-23(29-15-28-22)25-10-7-17-3-2-4-20-19(8-11-26-24(17)20)21-9-12-30-31-21/h2-6,8-9,11-15H,7,10H2,1H3,(H,30,31)(H,25,28,29). The minimum Gasteiger partial charge on any atom is -0.370 e. The number of nitrogens with zero attached hydrogens (tertiary/aromatic N) is 5. The molecule has 0 saturated heterocycles. The highest BCUT2D eigenvalue weighted by Gasteiger charge is 2.09. The highest BCUT2D eigenvalue weighted by atomic mass is 15.1. The van der Waals surface area contributed by atoms with E-state index in [0.29, 0.717) is 0 Å². The fraction of sp³-hybridized carbons (Fsp3) is 0.125. The van der Waals surface area contributed by atoms with E-state index in [-0.39, 0.29) is 0 Å². The fourth-order valence-corrected chi connectivity index (χ4v) is 3.64. The predicted molar refractivity (Wildman–Crippen MR) is 122 cm³/mol. The minimum atomic E-state index is 0.734. The Bertz CT molecular complexity index is 1310. The van der Waals surface area contributed by atoms with Crippen molar-refractivity contribution in [3.8, 4) is 22.5 Å². The normalized spacial score (nSPS) is 11.0. The van der Waals surface area contributed by atoms with E-state index in [1.807, 2.05) is 49.6 Å². The maximum absolute atomic E-state index is 4.64. The second kappa shape index (κ2) is 8.31. The van der Waals surface area contributed by atoms with E-state index in [2.05, 4.69) is 53.6 Å². The number of anilines is 1. The number of aromatic amines is 1. The average molecular weight is 407 g/mol. The Kier molecular flexibility index (Phi) is 5.06. The van der Waals surface area contributed by atoms with Gasteiger partial charge in [-0.25, -0.2) is 9.97 Å². The molecule has 0 unspecified atom stereocenters. The molecule has 0 saturated carbocycles. The first-order chi connectivity index (χ1) is 15.3. The third-order valence-corrected chi connectivity index (χ3v) is 5.22. The number of H-pyrrole nitrogens is 1. The molecular weight excluding hydrogens is 386 g/mol. The molecule has 0 radical (unpaired) electrons. The Morgan fingerprint density at radius 1 is 0.935 bits per heavy atom. The van der Waals surface area contributed by atoms with E-state index in [9.17, 15) is 0 Å². The van der Waals surface area contributed by atoms with Crippen molar-refractivity contribution < 1.29 is 0 Å². The van der Waals surface area contributed by atoms with Crippen molar-refractivity contribution in [2.45, 2.75) is 13.3 Å². The van der Waals surface area contributed by atoms with Gasteiger partial charge in [0.1, 0.15) is 12.1 Å². The Morgan fingerprint density at radius 2 is 1.90 bits per heavy atom. The second-order valence-electron chi connectivity index (χ2n) is 7.30. The number of benzene rings is 1. The van der Waals surface area contributed by atoms with E-state index >= 15 is 0 Å². The van der Waals surface area contributed by atoms with Gasteiger partial charge in [0.2, 0.25) is 0 Å². The second-order valence-corrected chi connectivity index (χ2v) is 7.30. The lowest BCUT2D eigenvalue weighted by Gasteiger charge is -2.10. The van der Waals surface area contributed by atoms with Crippen LogP contribution in [0.3, 0.4) is 0 Å². The molecule has 0 spiro atoms. The van der Waals surface area contributed by atoms with Gasteiger partial charge < -0.3 is 5.32 Å². The zero-order valence-electron chi connectivity index (χ0n) is 17.1. The van der Waals surface area contributed by atoms with Crippen LogP contribution in [0.25, 0.3) is 33.4 Å². The molecule has 5 rings (SSSR count). The van der Waals surface area contributed by atoms with Crippen LogP contribution < -0.4 is 5.32 Å². The Balaban J connectivity index is 1.34. The van der Waals surface area contributed by atoms with Gasteiger partial charge in [0.15, 0.2) is 0 Å². The van der Waals surface area contributed by atoms with Crippen molar-refractivity contribution in [3.05, 3.63) is 84.7 Å². The molecule has 152 valence electrons. The number of rotatable bonds is 6. The molecular formula is C24H21N7. The van der Waals surface area contributed by atoms with Crippen LogP contribution in [0.5, 0.6) is 0 Å². The summed E-state index contributed by atoms with van der Waals surface area (Å²) in [5.74, 6) is 0.789. The van der Waals surface area contributed by atoms with E-state index in [4.69, 9.17) is 0 Å². The van der Waals surface area contributed by atoms with Crippen LogP contribution in [0.4, 0.5) is 5.82 Å². The predicted octanol–water partition coefficient (Wildman–Crippen LogP) is 4.44. The van der Waals surface area contributed by atoms with Crippen molar-refractivity contribution in [3.63, 3.8) is 0 Å². The molecule has 4 heterocycles. The van der Waals surface area contributed by atoms with Gasteiger partial charge >= 0.3 is 0 Å². The number of pyridine rings is 2. The fourth-order valence-electron chi connectivity index (χ4n) is 3.64. The van der Waals surface area contributed by atoms with Crippen molar-refractivity contribution in [1.29, 1.82) is 0 Å². The molecule has 31 heavy (non-hydrogen) atoms. The zero-order valence-corrected chi connectivity index (χ0v) is 17.1. The van der Waals surface area contributed by atoms with Gasteiger partial charge in [-0.1, -0.05) is 18.2 Å². The molecule has 0 amide bonds. The van der Waals surface area contributed by atoms with Crippen molar-refractivity contribution in [2.24, 2.45) is 0 Å². The largest absolute Gasteiger partial charge is 0.370 e. The monoisotopic (exact) mass is 407 g/mol. The third kappa shape index (κ3) is 3.98. The lowest BCUT2D eigenvalue weighted by Crippen LogP contribution is -2.07. The quantitative estimate of drug-likeness (QED) is 0.432. The van der Waals surface area contributed by atoms with Crippen molar-refractivity contribution in [1.82, 2.24) is 30.1 Å². The van der Waals surface area contributed by atoms with Crippen molar-refractivity contribution in [2.75, 3.05) is 11.9 Å². The first-order valence-corrected chi connectivity index (χ1v) is 10.1. The molecule has 0 aliphatic carbocycles. The number of hydrogen-bond acceptors (Lipinski definition) is 6. The molecule has 0 atom stereocenters. The van der Waals surface area contributed by atoms with Crippen LogP contribution in [0.2, 0.25) is 0 Å². The van der Waals surface area contributed by atoms with E-state index in [1.54, 1.807) is 12.5 Å². The molecule has 4 aromatic heterocycles. The first kappa shape index (κ1) is 18.9. The Morgan fingerprint density at radius 3 is 2.74 bits per heavy atom. The molecule has 0 fully saturated rings. The van der Waals surface area contributed by atoms with Gasteiger partial charge in [-0.2, -0.15) is 5.10 Å².